The van der Waals surface area contributed by atoms with Crippen molar-refractivity contribution >= 4 is 17.2 Å². The Morgan fingerprint density at radius 3 is 3.12 bits per heavy atom. The monoisotopic (exact) mass is 359 g/mol. The highest BCUT2D eigenvalue weighted by Gasteiger charge is 2.23. The van der Waals surface area contributed by atoms with Crippen LogP contribution in [0.15, 0.2) is 29.6 Å². The average molecular weight is 359 g/mol. The molecule has 25 heavy (non-hydrogen) atoms. The molecule has 0 bridgehead atoms. The second kappa shape index (κ2) is 8.45. The maximum absolute atomic E-state index is 12.4. The van der Waals surface area contributed by atoms with Gasteiger partial charge in [-0.3, -0.25) is 9.69 Å². The highest BCUT2D eigenvalue weighted by Crippen LogP contribution is 2.18. The number of rotatable bonds is 7. The zero-order chi connectivity index (χ0) is 17.6. The van der Waals surface area contributed by atoms with E-state index in [1.165, 1.54) is 6.42 Å². The van der Waals surface area contributed by atoms with Crippen LogP contribution in [0.1, 0.15) is 40.8 Å². The fourth-order valence-electron chi connectivity index (χ4n) is 3.21. The molecule has 1 aliphatic rings. The minimum Gasteiger partial charge on any atom is -0.487 e. The number of likely N-dealkylation sites (tertiary alicyclic amines) is 1. The number of carbonyl (C=O) groups is 1. The number of nitrogens with zero attached hydrogens (tertiary/aromatic N) is 2. The van der Waals surface area contributed by atoms with E-state index in [1.54, 1.807) is 17.4 Å². The van der Waals surface area contributed by atoms with Crippen molar-refractivity contribution in [2.24, 2.45) is 0 Å². The van der Waals surface area contributed by atoms with Crippen LogP contribution in [0.5, 0.6) is 5.75 Å². The van der Waals surface area contributed by atoms with Crippen LogP contribution in [0, 0.1) is 6.92 Å². The molecule has 2 aromatic rings. The topological polar surface area (TPSA) is 54.5 Å². The van der Waals surface area contributed by atoms with Gasteiger partial charge in [0.05, 0.1) is 10.7 Å². The van der Waals surface area contributed by atoms with Crippen LogP contribution < -0.4 is 10.1 Å². The van der Waals surface area contributed by atoms with Crippen molar-refractivity contribution in [2.45, 2.75) is 39.3 Å². The van der Waals surface area contributed by atoms with E-state index >= 15 is 0 Å². The number of ether oxygens (including phenoxy) is 1. The van der Waals surface area contributed by atoms with Crippen LogP contribution in [-0.2, 0) is 6.61 Å². The molecule has 1 N–H and O–H groups in total. The van der Waals surface area contributed by atoms with Crippen molar-refractivity contribution in [3.63, 3.8) is 0 Å². The SMILES string of the molecule is CCN1CCCC1CNC(=O)c1cccc(OCc2csc(C)n2)c1. The van der Waals surface area contributed by atoms with Gasteiger partial charge in [-0.15, -0.1) is 11.3 Å². The molecule has 5 nitrogen and oxygen atoms in total. The summed E-state index contributed by atoms with van der Waals surface area (Å²) in [5.74, 6) is 0.646. The highest BCUT2D eigenvalue weighted by molar-refractivity contribution is 7.09. The standard InChI is InChI=1S/C19H25N3O2S/c1-3-22-9-5-7-17(22)11-20-19(23)15-6-4-8-18(10-15)24-12-16-13-25-14(2)21-16/h4,6,8,10,13,17H,3,5,7,9,11-12H2,1-2H3,(H,20,23). The number of hydrogen-bond acceptors (Lipinski definition) is 5. The number of carbonyl (C=O) groups excluding carboxylic acids is 1. The lowest BCUT2D eigenvalue weighted by atomic mass is 10.2. The minimum absolute atomic E-state index is 0.0436. The van der Waals surface area contributed by atoms with E-state index in [-0.39, 0.29) is 5.91 Å². The average Bonchev–Trinajstić information content (AvgIpc) is 3.26. The molecule has 0 spiro atoms. The molecule has 1 aromatic heterocycles. The fraction of sp³-hybridized carbons (Fsp3) is 0.474. The largest absolute Gasteiger partial charge is 0.487 e. The normalized spacial score (nSPS) is 17.6. The summed E-state index contributed by atoms with van der Waals surface area (Å²) in [7, 11) is 0. The zero-order valence-electron chi connectivity index (χ0n) is 14.8. The van der Waals surface area contributed by atoms with Crippen LogP contribution in [0.2, 0.25) is 0 Å². The molecule has 134 valence electrons. The Labute approximate surface area is 153 Å². The molecular formula is C19H25N3O2S. The van der Waals surface area contributed by atoms with Crippen LogP contribution in [0.4, 0.5) is 0 Å². The molecule has 1 saturated heterocycles. The van der Waals surface area contributed by atoms with Gasteiger partial charge in [0.15, 0.2) is 0 Å². The summed E-state index contributed by atoms with van der Waals surface area (Å²) in [5.41, 5.74) is 1.55. The van der Waals surface area contributed by atoms with Crippen molar-refractivity contribution in [3.05, 3.63) is 45.9 Å². The van der Waals surface area contributed by atoms with E-state index in [9.17, 15) is 4.79 Å². The molecule has 2 heterocycles. The fourth-order valence-corrected chi connectivity index (χ4v) is 3.81. The Morgan fingerprint density at radius 1 is 1.48 bits per heavy atom. The first-order valence-electron chi connectivity index (χ1n) is 8.82. The molecule has 0 aliphatic carbocycles. The molecule has 3 rings (SSSR count). The van der Waals surface area contributed by atoms with Gasteiger partial charge in [-0.2, -0.15) is 0 Å². The molecule has 1 atom stereocenters. The molecule has 1 unspecified atom stereocenters. The summed E-state index contributed by atoms with van der Waals surface area (Å²) in [6.07, 6.45) is 2.37. The summed E-state index contributed by atoms with van der Waals surface area (Å²) >= 11 is 1.61. The zero-order valence-corrected chi connectivity index (χ0v) is 15.6. The first kappa shape index (κ1) is 17.9. The van der Waals surface area contributed by atoms with Gasteiger partial charge >= 0.3 is 0 Å². The molecule has 1 fully saturated rings. The van der Waals surface area contributed by atoms with E-state index in [1.807, 2.05) is 30.5 Å². The van der Waals surface area contributed by atoms with Crippen molar-refractivity contribution in [1.29, 1.82) is 0 Å². The number of nitrogens with one attached hydrogen (secondary N) is 1. The molecule has 0 saturated carbocycles. The third kappa shape index (κ3) is 4.80. The Kier molecular flexibility index (Phi) is 6.04. The van der Waals surface area contributed by atoms with Crippen molar-refractivity contribution in [2.75, 3.05) is 19.6 Å². The van der Waals surface area contributed by atoms with E-state index in [2.05, 4.69) is 22.1 Å². The Balaban J connectivity index is 1.54. The smallest absolute Gasteiger partial charge is 0.251 e. The number of hydrogen-bond donors (Lipinski definition) is 1. The minimum atomic E-state index is -0.0436. The first-order valence-corrected chi connectivity index (χ1v) is 9.70. The molecule has 6 heteroatoms. The third-order valence-corrected chi connectivity index (χ3v) is 5.38. The molecular weight excluding hydrogens is 334 g/mol. The van der Waals surface area contributed by atoms with Gasteiger partial charge in [0.1, 0.15) is 12.4 Å². The summed E-state index contributed by atoms with van der Waals surface area (Å²) in [5, 5.41) is 6.08. The van der Waals surface area contributed by atoms with Crippen LogP contribution >= 0.6 is 11.3 Å². The highest BCUT2D eigenvalue weighted by atomic mass is 32.1. The number of benzene rings is 1. The van der Waals surface area contributed by atoms with Gasteiger partial charge in [0, 0.05) is 23.5 Å². The van der Waals surface area contributed by atoms with Gasteiger partial charge in [0.25, 0.3) is 5.91 Å². The quantitative estimate of drug-likeness (QED) is 0.824. The summed E-state index contributed by atoms with van der Waals surface area (Å²) in [6.45, 7) is 7.45. The van der Waals surface area contributed by atoms with Gasteiger partial charge in [0.2, 0.25) is 0 Å². The Bertz CT molecular complexity index is 716. The van der Waals surface area contributed by atoms with Gasteiger partial charge in [-0.1, -0.05) is 13.0 Å². The maximum Gasteiger partial charge on any atom is 0.251 e. The van der Waals surface area contributed by atoms with E-state index in [0.717, 1.165) is 30.2 Å². The van der Waals surface area contributed by atoms with Gasteiger partial charge in [-0.05, 0) is 51.1 Å². The van der Waals surface area contributed by atoms with Crippen LogP contribution in [0.3, 0.4) is 0 Å². The second-order valence-electron chi connectivity index (χ2n) is 6.31. The summed E-state index contributed by atoms with van der Waals surface area (Å²) < 4.78 is 5.76. The van der Waals surface area contributed by atoms with Crippen molar-refractivity contribution < 1.29 is 9.53 Å². The third-order valence-electron chi connectivity index (χ3n) is 4.55. The lowest BCUT2D eigenvalue weighted by Gasteiger charge is -2.22. The van der Waals surface area contributed by atoms with Gasteiger partial charge in [-0.25, -0.2) is 4.98 Å². The predicted molar refractivity (Wildman–Crippen MR) is 100 cm³/mol. The number of likely N-dealkylation sites (N-methyl/N-ethyl adjacent to an activating group) is 1. The second-order valence-corrected chi connectivity index (χ2v) is 7.37. The first-order chi connectivity index (χ1) is 12.2. The van der Waals surface area contributed by atoms with E-state index in [4.69, 9.17) is 4.74 Å². The molecule has 1 aliphatic heterocycles. The molecule has 0 radical (unpaired) electrons. The lowest BCUT2D eigenvalue weighted by Crippen LogP contribution is -2.40. The van der Waals surface area contributed by atoms with Crippen LogP contribution in [-0.4, -0.2) is 41.5 Å². The van der Waals surface area contributed by atoms with E-state index < -0.39 is 0 Å². The Hall–Kier alpha value is -1.92. The number of aromatic nitrogens is 1. The number of amides is 1. The van der Waals surface area contributed by atoms with Crippen LogP contribution in [0.25, 0.3) is 0 Å². The van der Waals surface area contributed by atoms with Gasteiger partial charge < -0.3 is 10.1 Å². The lowest BCUT2D eigenvalue weighted by molar-refractivity contribution is 0.0941. The maximum atomic E-state index is 12.4. The summed E-state index contributed by atoms with van der Waals surface area (Å²) in [6, 6.07) is 7.79. The van der Waals surface area contributed by atoms with E-state index in [0.29, 0.717) is 30.5 Å². The molecule has 1 aromatic carbocycles. The summed E-state index contributed by atoms with van der Waals surface area (Å²) in [4.78, 5) is 19.2. The Morgan fingerprint density at radius 2 is 2.36 bits per heavy atom. The molecule has 1 amide bonds. The predicted octanol–water partition coefficient (Wildman–Crippen LogP) is 3.24. The van der Waals surface area contributed by atoms with Crippen molar-refractivity contribution in [3.8, 4) is 5.75 Å². The number of aryl methyl sites for hydroxylation is 1. The van der Waals surface area contributed by atoms with Crippen molar-refractivity contribution in [1.82, 2.24) is 15.2 Å². The number of thiazole rings is 1.